The molecule has 0 radical (unpaired) electrons. The van der Waals surface area contributed by atoms with Crippen LogP contribution in [0.5, 0.6) is 0 Å². The molecule has 0 aliphatic carbocycles. The van der Waals surface area contributed by atoms with Gasteiger partial charge in [0.15, 0.2) is 6.29 Å². The van der Waals surface area contributed by atoms with Gasteiger partial charge < -0.3 is 4.79 Å². The summed E-state index contributed by atoms with van der Waals surface area (Å²) in [5.74, 6) is -1.51. The smallest absolute Gasteiger partial charge is 0.260 e. The summed E-state index contributed by atoms with van der Waals surface area (Å²) in [6.07, 6.45) is 7.33. The van der Waals surface area contributed by atoms with Crippen molar-refractivity contribution in [2.24, 2.45) is 0 Å². The standard InChI is InChI=1S/C12H18O4/c13-9-7-5-3-1-2-4-6-8-11(15)12(16)10-14/h9-10H,1-8H2. The van der Waals surface area contributed by atoms with Crippen LogP contribution in [0.25, 0.3) is 0 Å². The number of Topliss-reactive ketones (excluding diaryl/α,β-unsaturated/α-hetero) is 2. The molecule has 0 N–H and O–H groups in total. The maximum Gasteiger partial charge on any atom is 0.260 e. The van der Waals surface area contributed by atoms with Crippen molar-refractivity contribution in [3.63, 3.8) is 0 Å². The molecule has 0 fully saturated rings. The minimum Gasteiger partial charge on any atom is -0.303 e. The second kappa shape index (κ2) is 10.2. The summed E-state index contributed by atoms with van der Waals surface area (Å²) < 4.78 is 0. The summed E-state index contributed by atoms with van der Waals surface area (Å²) in [5, 5.41) is 0. The maximum atomic E-state index is 10.9. The van der Waals surface area contributed by atoms with E-state index in [1.54, 1.807) is 0 Å². The van der Waals surface area contributed by atoms with Crippen LogP contribution in [-0.4, -0.2) is 24.1 Å². The Morgan fingerprint density at radius 3 is 1.94 bits per heavy atom. The van der Waals surface area contributed by atoms with Gasteiger partial charge in [0.1, 0.15) is 6.29 Å². The highest BCUT2D eigenvalue weighted by Crippen LogP contribution is 2.08. The van der Waals surface area contributed by atoms with E-state index in [1.807, 2.05) is 0 Å². The Labute approximate surface area is 95.4 Å². The SMILES string of the molecule is O=CCCCCCCCCC(=O)C(=O)C=O. The van der Waals surface area contributed by atoms with Crippen LogP contribution in [0.3, 0.4) is 0 Å². The molecule has 16 heavy (non-hydrogen) atoms. The van der Waals surface area contributed by atoms with Gasteiger partial charge in [0, 0.05) is 12.8 Å². The van der Waals surface area contributed by atoms with E-state index in [0.717, 1.165) is 38.4 Å². The Morgan fingerprint density at radius 2 is 1.38 bits per heavy atom. The Hall–Kier alpha value is -1.32. The summed E-state index contributed by atoms with van der Waals surface area (Å²) >= 11 is 0. The lowest BCUT2D eigenvalue weighted by molar-refractivity contribution is -0.140. The summed E-state index contributed by atoms with van der Waals surface area (Å²) in [6.45, 7) is 0. The lowest BCUT2D eigenvalue weighted by atomic mass is 10.1. The molecule has 0 aliphatic rings. The number of hydrogen-bond donors (Lipinski definition) is 0. The highest BCUT2D eigenvalue weighted by molar-refractivity contribution is 6.57. The molecule has 4 nitrogen and oxygen atoms in total. The molecule has 0 bridgehead atoms. The van der Waals surface area contributed by atoms with E-state index < -0.39 is 11.6 Å². The molecule has 0 atom stereocenters. The topological polar surface area (TPSA) is 68.3 Å². The molecule has 0 unspecified atom stereocenters. The molecule has 0 spiro atoms. The van der Waals surface area contributed by atoms with Gasteiger partial charge in [-0.2, -0.15) is 0 Å². The summed E-state index contributed by atoms with van der Waals surface area (Å²) in [7, 11) is 0. The van der Waals surface area contributed by atoms with Crippen molar-refractivity contribution in [2.75, 3.05) is 0 Å². The van der Waals surface area contributed by atoms with Crippen molar-refractivity contribution in [1.29, 1.82) is 0 Å². The fourth-order valence-electron chi connectivity index (χ4n) is 1.41. The van der Waals surface area contributed by atoms with E-state index in [9.17, 15) is 19.2 Å². The molecule has 0 aromatic carbocycles. The van der Waals surface area contributed by atoms with Gasteiger partial charge in [0.05, 0.1) is 0 Å². The van der Waals surface area contributed by atoms with Crippen LogP contribution in [-0.2, 0) is 19.2 Å². The minimum atomic E-state index is -0.925. The molecule has 0 heterocycles. The van der Waals surface area contributed by atoms with E-state index in [1.165, 1.54) is 0 Å². The Kier molecular flexibility index (Phi) is 9.36. The average molecular weight is 226 g/mol. The highest BCUT2D eigenvalue weighted by atomic mass is 16.2. The van der Waals surface area contributed by atoms with Gasteiger partial charge in [-0.15, -0.1) is 0 Å². The maximum absolute atomic E-state index is 10.9. The van der Waals surface area contributed by atoms with Gasteiger partial charge in [-0.25, -0.2) is 0 Å². The second-order valence-corrected chi connectivity index (χ2v) is 3.73. The number of rotatable bonds is 11. The third-order valence-corrected chi connectivity index (χ3v) is 2.36. The van der Waals surface area contributed by atoms with Crippen LogP contribution in [0.15, 0.2) is 0 Å². The number of hydrogen-bond acceptors (Lipinski definition) is 4. The summed E-state index contributed by atoms with van der Waals surface area (Å²) in [6, 6.07) is 0. The van der Waals surface area contributed by atoms with Crippen molar-refractivity contribution in [3.8, 4) is 0 Å². The number of carbonyl (C=O) groups excluding carboxylic acids is 4. The van der Waals surface area contributed by atoms with Gasteiger partial charge in [-0.05, 0) is 12.8 Å². The number of carbonyl (C=O) groups is 4. The summed E-state index contributed by atoms with van der Waals surface area (Å²) in [5.41, 5.74) is 0. The van der Waals surface area contributed by atoms with Crippen molar-refractivity contribution < 1.29 is 19.2 Å². The molecule has 0 saturated heterocycles. The molecule has 0 amide bonds. The van der Waals surface area contributed by atoms with Crippen molar-refractivity contribution >= 4 is 24.1 Å². The first-order valence-corrected chi connectivity index (χ1v) is 5.68. The summed E-state index contributed by atoms with van der Waals surface area (Å²) in [4.78, 5) is 41.5. The van der Waals surface area contributed by atoms with Gasteiger partial charge in [0.2, 0.25) is 5.78 Å². The van der Waals surface area contributed by atoms with E-state index in [-0.39, 0.29) is 12.7 Å². The number of unbranched alkanes of at least 4 members (excludes halogenated alkanes) is 6. The minimum absolute atomic E-state index is 0.0712. The molecule has 0 aromatic heterocycles. The van der Waals surface area contributed by atoms with Gasteiger partial charge >= 0.3 is 0 Å². The third-order valence-electron chi connectivity index (χ3n) is 2.36. The number of aldehydes is 2. The Bertz CT molecular complexity index is 245. The first-order chi connectivity index (χ1) is 7.72. The molecule has 0 rings (SSSR count). The number of ketones is 2. The van der Waals surface area contributed by atoms with Crippen LogP contribution < -0.4 is 0 Å². The molecular weight excluding hydrogens is 208 g/mol. The van der Waals surface area contributed by atoms with E-state index in [4.69, 9.17) is 0 Å². The average Bonchev–Trinajstić information content (AvgIpc) is 2.31. The molecule has 0 saturated carbocycles. The Balaban J connectivity index is 3.27. The predicted octanol–water partition coefficient (Wildman–Crippen LogP) is 1.64. The van der Waals surface area contributed by atoms with Crippen LogP contribution in [0.4, 0.5) is 0 Å². The molecule has 0 aliphatic heterocycles. The highest BCUT2D eigenvalue weighted by Gasteiger charge is 2.10. The molecule has 4 heteroatoms. The van der Waals surface area contributed by atoms with Crippen molar-refractivity contribution in [1.82, 2.24) is 0 Å². The first-order valence-electron chi connectivity index (χ1n) is 5.68. The van der Waals surface area contributed by atoms with E-state index in [0.29, 0.717) is 12.8 Å². The normalized spacial score (nSPS) is 9.75. The van der Waals surface area contributed by atoms with E-state index >= 15 is 0 Å². The predicted molar refractivity (Wildman–Crippen MR) is 59.1 cm³/mol. The van der Waals surface area contributed by atoms with Crippen molar-refractivity contribution in [3.05, 3.63) is 0 Å². The zero-order chi connectivity index (χ0) is 12.2. The van der Waals surface area contributed by atoms with E-state index in [2.05, 4.69) is 0 Å². The molecular formula is C12H18O4. The fraction of sp³-hybridized carbons (Fsp3) is 0.667. The van der Waals surface area contributed by atoms with Crippen LogP contribution >= 0.6 is 0 Å². The zero-order valence-corrected chi connectivity index (χ0v) is 9.44. The second-order valence-electron chi connectivity index (χ2n) is 3.73. The van der Waals surface area contributed by atoms with Gasteiger partial charge in [-0.3, -0.25) is 14.4 Å². The van der Waals surface area contributed by atoms with Gasteiger partial charge in [-0.1, -0.05) is 25.7 Å². The van der Waals surface area contributed by atoms with Crippen molar-refractivity contribution in [2.45, 2.75) is 51.4 Å². The monoisotopic (exact) mass is 226 g/mol. The zero-order valence-electron chi connectivity index (χ0n) is 9.44. The van der Waals surface area contributed by atoms with Gasteiger partial charge in [0.25, 0.3) is 5.78 Å². The quantitative estimate of drug-likeness (QED) is 0.232. The lowest BCUT2D eigenvalue weighted by Crippen LogP contribution is -2.14. The van der Waals surface area contributed by atoms with Crippen LogP contribution in [0.2, 0.25) is 0 Å². The third kappa shape index (κ3) is 8.03. The largest absolute Gasteiger partial charge is 0.303 e. The molecule has 0 aromatic rings. The van der Waals surface area contributed by atoms with Crippen LogP contribution in [0.1, 0.15) is 51.4 Å². The first kappa shape index (κ1) is 14.7. The van der Waals surface area contributed by atoms with Crippen LogP contribution in [0, 0.1) is 0 Å². The lowest BCUT2D eigenvalue weighted by Gasteiger charge is -1.99. The molecule has 90 valence electrons. The fourth-order valence-corrected chi connectivity index (χ4v) is 1.41. The Morgan fingerprint density at radius 1 is 0.812 bits per heavy atom.